The van der Waals surface area contributed by atoms with Crippen LogP contribution in [0, 0.1) is 0 Å². The zero-order valence-electron chi connectivity index (χ0n) is 35.9. The van der Waals surface area contributed by atoms with Crippen molar-refractivity contribution in [3.63, 3.8) is 0 Å². The first-order valence-electron chi connectivity index (χ1n) is 24.0. The van der Waals surface area contributed by atoms with Gasteiger partial charge in [0.25, 0.3) is 0 Å². The van der Waals surface area contributed by atoms with Crippen molar-refractivity contribution in [2.45, 2.75) is 290 Å². The SMILES string of the molecule is CCCCCCCCCCCCCCCCCC(=O)OC(CCCCCCCCCCCCCCCC)C(=O)OCCCCCCCCCCCC. The van der Waals surface area contributed by atoms with E-state index in [1.165, 1.54) is 212 Å². The van der Waals surface area contributed by atoms with E-state index >= 15 is 0 Å². The minimum absolute atomic E-state index is 0.221. The highest BCUT2D eigenvalue weighted by Crippen LogP contribution is 2.18. The lowest BCUT2D eigenvalue weighted by molar-refractivity contribution is -0.168. The van der Waals surface area contributed by atoms with Gasteiger partial charge in [-0.05, 0) is 25.7 Å². The number of esters is 2. The van der Waals surface area contributed by atoms with Gasteiger partial charge in [0, 0.05) is 6.42 Å². The fourth-order valence-electron chi connectivity index (χ4n) is 7.46. The molecule has 0 saturated heterocycles. The largest absolute Gasteiger partial charge is 0.463 e. The van der Waals surface area contributed by atoms with Crippen LogP contribution in [0.4, 0.5) is 0 Å². The van der Waals surface area contributed by atoms with Crippen LogP contribution >= 0.6 is 0 Å². The van der Waals surface area contributed by atoms with Gasteiger partial charge in [-0.25, -0.2) is 4.79 Å². The number of hydrogen-bond acceptors (Lipinski definition) is 4. The van der Waals surface area contributed by atoms with E-state index in [0.717, 1.165) is 38.5 Å². The van der Waals surface area contributed by atoms with Gasteiger partial charge < -0.3 is 9.47 Å². The second-order valence-corrected chi connectivity index (χ2v) is 16.4. The highest BCUT2D eigenvalue weighted by atomic mass is 16.6. The van der Waals surface area contributed by atoms with Crippen LogP contribution in [0.25, 0.3) is 0 Å². The Labute approximate surface area is 326 Å². The number of unbranched alkanes of at least 4 members (excludes halogenated alkanes) is 36. The van der Waals surface area contributed by atoms with Crippen LogP contribution in [0.3, 0.4) is 0 Å². The van der Waals surface area contributed by atoms with E-state index in [9.17, 15) is 9.59 Å². The number of hydrogen-bond donors (Lipinski definition) is 0. The molecule has 0 amide bonds. The van der Waals surface area contributed by atoms with Crippen molar-refractivity contribution < 1.29 is 19.1 Å². The standard InChI is InChI=1S/C48H94O4/c1-4-7-10-13-16-19-22-24-26-28-30-32-35-38-41-44-47(49)52-46(48(50)51-45-42-39-36-33-21-18-15-12-9-6-3)43-40-37-34-31-29-27-25-23-20-17-14-11-8-5-2/h46H,4-45H2,1-3H3. The summed E-state index contributed by atoms with van der Waals surface area (Å²) in [6.45, 7) is 7.28. The Balaban J connectivity index is 4.18. The van der Waals surface area contributed by atoms with Crippen molar-refractivity contribution in [1.29, 1.82) is 0 Å². The summed E-state index contributed by atoms with van der Waals surface area (Å²) < 4.78 is 11.4. The maximum Gasteiger partial charge on any atom is 0.347 e. The van der Waals surface area contributed by atoms with Crippen molar-refractivity contribution in [2.75, 3.05) is 6.61 Å². The summed E-state index contributed by atoms with van der Waals surface area (Å²) in [6, 6.07) is 0. The van der Waals surface area contributed by atoms with Crippen molar-refractivity contribution >= 4 is 11.9 Å². The molecule has 0 radical (unpaired) electrons. The predicted octanol–water partition coefficient (Wildman–Crippen LogP) is 16.5. The van der Waals surface area contributed by atoms with Crippen molar-refractivity contribution in [3.05, 3.63) is 0 Å². The van der Waals surface area contributed by atoms with Gasteiger partial charge in [0.05, 0.1) is 6.61 Å². The molecule has 0 saturated carbocycles. The normalized spacial score (nSPS) is 12.0. The van der Waals surface area contributed by atoms with Crippen LogP contribution in [-0.4, -0.2) is 24.6 Å². The molecule has 0 N–H and O–H groups in total. The fraction of sp³-hybridized carbons (Fsp3) is 0.958. The van der Waals surface area contributed by atoms with E-state index in [1.54, 1.807) is 0 Å². The molecule has 0 bridgehead atoms. The van der Waals surface area contributed by atoms with Crippen molar-refractivity contribution in [3.8, 4) is 0 Å². The minimum atomic E-state index is -0.732. The van der Waals surface area contributed by atoms with Crippen LogP contribution in [0.15, 0.2) is 0 Å². The molecule has 0 rings (SSSR count). The van der Waals surface area contributed by atoms with Crippen molar-refractivity contribution in [2.24, 2.45) is 0 Å². The Hall–Kier alpha value is -1.06. The average Bonchev–Trinajstić information content (AvgIpc) is 3.14. The third-order valence-corrected chi connectivity index (χ3v) is 11.1. The van der Waals surface area contributed by atoms with Crippen LogP contribution in [-0.2, 0) is 19.1 Å². The summed E-state index contributed by atoms with van der Waals surface area (Å²) in [5, 5.41) is 0. The lowest BCUT2D eigenvalue weighted by Gasteiger charge is -2.17. The Kier molecular flexibility index (Phi) is 43.4. The number of carbonyl (C=O) groups is 2. The Bertz CT molecular complexity index is 706. The van der Waals surface area contributed by atoms with Gasteiger partial charge in [-0.3, -0.25) is 4.79 Å². The molecular formula is C48H94O4. The minimum Gasteiger partial charge on any atom is -0.463 e. The Morgan fingerprint density at radius 1 is 0.346 bits per heavy atom. The van der Waals surface area contributed by atoms with E-state index in [-0.39, 0.29) is 11.9 Å². The molecule has 1 unspecified atom stereocenters. The van der Waals surface area contributed by atoms with Crippen LogP contribution in [0.5, 0.6) is 0 Å². The third-order valence-electron chi connectivity index (χ3n) is 11.1. The summed E-state index contributed by atoms with van der Waals surface area (Å²) >= 11 is 0. The molecule has 0 fully saturated rings. The molecule has 310 valence electrons. The molecule has 4 nitrogen and oxygen atoms in total. The fourth-order valence-corrected chi connectivity index (χ4v) is 7.46. The van der Waals surface area contributed by atoms with E-state index in [2.05, 4.69) is 20.8 Å². The Morgan fingerprint density at radius 3 is 0.942 bits per heavy atom. The summed E-state index contributed by atoms with van der Waals surface area (Å²) in [4.78, 5) is 25.8. The van der Waals surface area contributed by atoms with Gasteiger partial charge in [-0.15, -0.1) is 0 Å². The summed E-state index contributed by atoms with van der Waals surface area (Å²) in [7, 11) is 0. The van der Waals surface area contributed by atoms with Gasteiger partial charge in [-0.1, -0.05) is 252 Å². The molecule has 4 heteroatoms. The van der Waals surface area contributed by atoms with Gasteiger partial charge in [0.2, 0.25) is 0 Å². The zero-order valence-corrected chi connectivity index (χ0v) is 35.9. The third kappa shape index (κ3) is 40.1. The van der Waals surface area contributed by atoms with Gasteiger partial charge in [0.15, 0.2) is 6.10 Å². The number of ether oxygens (including phenoxy) is 2. The second kappa shape index (κ2) is 44.3. The van der Waals surface area contributed by atoms with Crippen molar-refractivity contribution in [1.82, 2.24) is 0 Å². The molecule has 52 heavy (non-hydrogen) atoms. The molecule has 1 atom stereocenters. The van der Waals surface area contributed by atoms with Crippen LogP contribution in [0.1, 0.15) is 284 Å². The number of rotatable bonds is 44. The molecular weight excluding hydrogens is 641 g/mol. The van der Waals surface area contributed by atoms with E-state index in [4.69, 9.17) is 9.47 Å². The van der Waals surface area contributed by atoms with Gasteiger partial charge in [0.1, 0.15) is 0 Å². The molecule has 0 aromatic rings. The summed E-state index contributed by atoms with van der Waals surface area (Å²) in [5.41, 5.74) is 0. The zero-order chi connectivity index (χ0) is 37.8. The molecule has 0 aliphatic heterocycles. The summed E-state index contributed by atoms with van der Waals surface area (Å²) in [6.07, 6.45) is 50.7. The maximum absolute atomic E-state index is 13.0. The topological polar surface area (TPSA) is 52.6 Å². The van der Waals surface area contributed by atoms with Crippen LogP contribution < -0.4 is 0 Å². The summed E-state index contributed by atoms with van der Waals surface area (Å²) in [5.74, 6) is -0.545. The first-order chi connectivity index (χ1) is 25.7. The highest BCUT2D eigenvalue weighted by molar-refractivity contribution is 5.79. The average molecular weight is 735 g/mol. The molecule has 0 aliphatic carbocycles. The second-order valence-electron chi connectivity index (χ2n) is 16.4. The smallest absolute Gasteiger partial charge is 0.347 e. The molecule has 0 aliphatic rings. The lowest BCUT2D eigenvalue weighted by atomic mass is 10.0. The maximum atomic E-state index is 13.0. The van der Waals surface area contributed by atoms with E-state index in [0.29, 0.717) is 19.4 Å². The first kappa shape index (κ1) is 50.9. The first-order valence-corrected chi connectivity index (χ1v) is 24.0. The predicted molar refractivity (Wildman–Crippen MR) is 227 cm³/mol. The molecule has 0 aromatic heterocycles. The van der Waals surface area contributed by atoms with Gasteiger partial charge >= 0.3 is 11.9 Å². The lowest BCUT2D eigenvalue weighted by Crippen LogP contribution is -2.29. The molecule has 0 spiro atoms. The molecule has 0 heterocycles. The quantitative estimate of drug-likeness (QED) is 0.0462. The van der Waals surface area contributed by atoms with E-state index < -0.39 is 6.10 Å². The van der Waals surface area contributed by atoms with E-state index in [1.807, 2.05) is 0 Å². The van der Waals surface area contributed by atoms with Crippen LogP contribution in [0.2, 0.25) is 0 Å². The highest BCUT2D eigenvalue weighted by Gasteiger charge is 2.24. The van der Waals surface area contributed by atoms with Gasteiger partial charge in [-0.2, -0.15) is 0 Å². The molecule has 0 aromatic carbocycles. The monoisotopic (exact) mass is 735 g/mol. The number of carbonyl (C=O) groups excluding carboxylic acids is 2. The Morgan fingerprint density at radius 2 is 0.615 bits per heavy atom.